The van der Waals surface area contributed by atoms with Crippen LogP contribution < -0.4 is 5.73 Å². The van der Waals surface area contributed by atoms with Crippen LogP contribution in [0, 0.1) is 0 Å². The molecule has 14 heavy (non-hydrogen) atoms. The topological polar surface area (TPSA) is 60.9 Å². The molecule has 0 spiro atoms. The van der Waals surface area contributed by atoms with Gasteiger partial charge in [0.05, 0.1) is 6.04 Å². The zero-order valence-electron chi connectivity index (χ0n) is 8.73. The SMILES string of the molecule is CCC(N)C(=O)CCc1nccn1C. The number of carbonyl (C=O) groups is 1. The lowest BCUT2D eigenvalue weighted by Gasteiger charge is -2.06. The summed E-state index contributed by atoms with van der Waals surface area (Å²) in [7, 11) is 1.92. The van der Waals surface area contributed by atoms with E-state index in [1.54, 1.807) is 6.20 Å². The van der Waals surface area contributed by atoms with Crippen LogP contribution in [0.2, 0.25) is 0 Å². The Bertz CT molecular complexity index is 306. The smallest absolute Gasteiger partial charge is 0.149 e. The maximum atomic E-state index is 11.4. The van der Waals surface area contributed by atoms with Crippen molar-refractivity contribution in [3.05, 3.63) is 18.2 Å². The second-order valence-electron chi connectivity index (χ2n) is 3.44. The van der Waals surface area contributed by atoms with Crippen LogP contribution in [0.1, 0.15) is 25.6 Å². The average Bonchev–Trinajstić information content (AvgIpc) is 2.59. The lowest BCUT2D eigenvalue weighted by molar-refractivity contribution is -0.120. The fraction of sp³-hybridized carbons (Fsp3) is 0.600. The monoisotopic (exact) mass is 195 g/mol. The van der Waals surface area contributed by atoms with E-state index in [-0.39, 0.29) is 11.8 Å². The lowest BCUT2D eigenvalue weighted by Crippen LogP contribution is -2.29. The van der Waals surface area contributed by atoms with E-state index in [0.717, 1.165) is 5.82 Å². The Balaban J connectivity index is 2.41. The van der Waals surface area contributed by atoms with Gasteiger partial charge in [-0.2, -0.15) is 0 Å². The molecular formula is C10H17N3O. The minimum Gasteiger partial charge on any atom is -0.338 e. The third-order valence-corrected chi connectivity index (χ3v) is 2.37. The van der Waals surface area contributed by atoms with E-state index >= 15 is 0 Å². The summed E-state index contributed by atoms with van der Waals surface area (Å²) >= 11 is 0. The van der Waals surface area contributed by atoms with Crippen molar-refractivity contribution in [1.29, 1.82) is 0 Å². The minimum atomic E-state index is -0.310. The number of aryl methyl sites for hydroxylation is 2. The zero-order valence-corrected chi connectivity index (χ0v) is 8.73. The summed E-state index contributed by atoms with van der Waals surface area (Å²) in [6.45, 7) is 1.92. The van der Waals surface area contributed by atoms with Crippen LogP contribution in [0.3, 0.4) is 0 Å². The third kappa shape index (κ3) is 2.67. The van der Waals surface area contributed by atoms with Crippen molar-refractivity contribution >= 4 is 5.78 Å². The van der Waals surface area contributed by atoms with Crippen LogP contribution in [0.4, 0.5) is 0 Å². The first-order chi connectivity index (χ1) is 6.65. The largest absolute Gasteiger partial charge is 0.338 e. The number of hydrogen-bond donors (Lipinski definition) is 1. The van der Waals surface area contributed by atoms with E-state index in [0.29, 0.717) is 19.3 Å². The Kier molecular flexibility index (Phi) is 3.83. The number of rotatable bonds is 5. The van der Waals surface area contributed by atoms with Gasteiger partial charge in [0, 0.05) is 32.3 Å². The molecule has 0 aliphatic heterocycles. The molecule has 4 nitrogen and oxygen atoms in total. The quantitative estimate of drug-likeness (QED) is 0.750. The van der Waals surface area contributed by atoms with Gasteiger partial charge in [-0.3, -0.25) is 4.79 Å². The normalized spacial score (nSPS) is 12.8. The van der Waals surface area contributed by atoms with Crippen LogP contribution in [0.25, 0.3) is 0 Å². The van der Waals surface area contributed by atoms with E-state index in [1.165, 1.54) is 0 Å². The number of hydrogen-bond acceptors (Lipinski definition) is 3. The Morgan fingerprint density at radius 2 is 2.43 bits per heavy atom. The van der Waals surface area contributed by atoms with Crippen LogP contribution >= 0.6 is 0 Å². The van der Waals surface area contributed by atoms with Gasteiger partial charge >= 0.3 is 0 Å². The predicted molar refractivity (Wildman–Crippen MR) is 54.8 cm³/mol. The van der Waals surface area contributed by atoms with E-state index in [9.17, 15) is 4.79 Å². The number of ketones is 1. The number of aromatic nitrogens is 2. The van der Waals surface area contributed by atoms with Gasteiger partial charge < -0.3 is 10.3 Å². The number of imidazole rings is 1. The molecule has 1 aromatic heterocycles. The highest BCUT2D eigenvalue weighted by molar-refractivity contribution is 5.83. The maximum Gasteiger partial charge on any atom is 0.149 e. The van der Waals surface area contributed by atoms with Gasteiger partial charge in [-0.25, -0.2) is 4.98 Å². The second kappa shape index (κ2) is 4.91. The molecule has 0 fully saturated rings. The van der Waals surface area contributed by atoms with Gasteiger partial charge in [-0.15, -0.1) is 0 Å². The maximum absolute atomic E-state index is 11.4. The average molecular weight is 195 g/mol. The highest BCUT2D eigenvalue weighted by Gasteiger charge is 2.11. The van der Waals surface area contributed by atoms with Crippen molar-refractivity contribution in [1.82, 2.24) is 9.55 Å². The second-order valence-corrected chi connectivity index (χ2v) is 3.44. The highest BCUT2D eigenvalue weighted by atomic mass is 16.1. The molecule has 0 aliphatic rings. The number of nitrogens with two attached hydrogens (primary N) is 1. The Morgan fingerprint density at radius 1 is 1.71 bits per heavy atom. The van der Waals surface area contributed by atoms with E-state index < -0.39 is 0 Å². The van der Waals surface area contributed by atoms with Gasteiger partial charge in [0.15, 0.2) is 0 Å². The molecule has 2 N–H and O–H groups in total. The molecule has 0 saturated heterocycles. The molecule has 0 saturated carbocycles. The Labute approximate surface area is 84.1 Å². The molecule has 0 aliphatic carbocycles. The summed E-state index contributed by atoms with van der Waals surface area (Å²) in [5.74, 6) is 1.05. The first-order valence-corrected chi connectivity index (χ1v) is 4.89. The summed E-state index contributed by atoms with van der Waals surface area (Å²) in [6, 6.07) is -0.310. The first-order valence-electron chi connectivity index (χ1n) is 4.89. The number of Topliss-reactive ketones (excluding diaryl/α,β-unsaturated/α-hetero) is 1. The van der Waals surface area contributed by atoms with Crippen LogP contribution in [0.5, 0.6) is 0 Å². The van der Waals surface area contributed by atoms with E-state index in [2.05, 4.69) is 4.98 Å². The van der Waals surface area contributed by atoms with Gasteiger partial charge in [0.1, 0.15) is 11.6 Å². The van der Waals surface area contributed by atoms with Gasteiger partial charge in [0.25, 0.3) is 0 Å². The highest BCUT2D eigenvalue weighted by Crippen LogP contribution is 2.02. The van der Waals surface area contributed by atoms with Crippen molar-refractivity contribution in [3.8, 4) is 0 Å². The molecule has 0 bridgehead atoms. The molecule has 1 atom stereocenters. The molecule has 0 radical (unpaired) electrons. The first kappa shape index (κ1) is 10.9. The van der Waals surface area contributed by atoms with Crippen LogP contribution in [-0.2, 0) is 18.3 Å². The minimum absolute atomic E-state index is 0.121. The molecule has 0 amide bonds. The molecule has 4 heteroatoms. The van der Waals surface area contributed by atoms with Crippen molar-refractivity contribution in [3.63, 3.8) is 0 Å². The fourth-order valence-electron chi connectivity index (χ4n) is 1.29. The van der Waals surface area contributed by atoms with E-state index in [4.69, 9.17) is 5.73 Å². The molecule has 78 valence electrons. The molecular weight excluding hydrogens is 178 g/mol. The van der Waals surface area contributed by atoms with Gasteiger partial charge in [-0.1, -0.05) is 6.92 Å². The summed E-state index contributed by atoms with van der Waals surface area (Å²) in [6.07, 6.45) is 5.48. The summed E-state index contributed by atoms with van der Waals surface area (Å²) < 4.78 is 1.92. The van der Waals surface area contributed by atoms with Crippen LogP contribution in [0.15, 0.2) is 12.4 Å². The molecule has 0 aromatic carbocycles. The summed E-state index contributed by atoms with van der Waals surface area (Å²) in [5.41, 5.74) is 5.62. The zero-order chi connectivity index (χ0) is 10.6. The molecule has 1 unspecified atom stereocenters. The molecule has 1 heterocycles. The molecule has 1 rings (SSSR count). The number of nitrogens with zero attached hydrogens (tertiary/aromatic N) is 2. The lowest BCUT2D eigenvalue weighted by atomic mass is 10.1. The Morgan fingerprint density at radius 3 is 2.93 bits per heavy atom. The Hall–Kier alpha value is -1.16. The standard InChI is InChI=1S/C10H17N3O/c1-3-8(11)9(14)4-5-10-12-6-7-13(10)2/h6-8H,3-5,11H2,1-2H3. The van der Waals surface area contributed by atoms with Gasteiger partial charge in [-0.05, 0) is 6.42 Å². The van der Waals surface area contributed by atoms with E-state index in [1.807, 2.05) is 24.7 Å². The van der Waals surface area contributed by atoms with Crippen molar-refractivity contribution in [2.45, 2.75) is 32.2 Å². The van der Waals surface area contributed by atoms with Crippen molar-refractivity contribution in [2.75, 3.05) is 0 Å². The van der Waals surface area contributed by atoms with Crippen molar-refractivity contribution in [2.24, 2.45) is 12.8 Å². The van der Waals surface area contributed by atoms with Gasteiger partial charge in [0.2, 0.25) is 0 Å². The van der Waals surface area contributed by atoms with Crippen molar-refractivity contribution < 1.29 is 4.79 Å². The predicted octanol–water partition coefficient (Wildman–Crippen LogP) is 0.659. The van der Waals surface area contributed by atoms with Crippen LogP contribution in [-0.4, -0.2) is 21.4 Å². The third-order valence-electron chi connectivity index (χ3n) is 2.37. The molecule has 1 aromatic rings. The summed E-state index contributed by atoms with van der Waals surface area (Å²) in [4.78, 5) is 15.6. The fourth-order valence-corrected chi connectivity index (χ4v) is 1.29. The summed E-state index contributed by atoms with van der Waals surface area (Å²) in [5, 5.41) is 0. The number of carbonyl (C=O) groups excluding carboxylic acids is 1.